The Morgan fingerprint density at radius 3 is 2.59 bits per heavy atom. The molecule has 2 aliphatic heterocycles. The van der Waals surface area contributed by atoms with Crippen molar-refractivity contribution >= 4 is 40.4 Å². The van der Waals surface area contributed by atoms with Crippen molar-refractivity contribution < 1.29 is 23.6 Å². The summed E-state index contributed by atoms with van der Waals surface area (Å²) in [5.41, 5.74) is 2.33. The number of amides is 2. The zero-order valence-electron chi connectivity index (χ0n) is 17.9. The lowest BCUT2D eigenvalue weighted by molar-refractivity contribution is -0.121. The van der Waals surface area contributed by atoms with Gasteiger partial charge in [-0.15, -0.1) is 0 Å². The van der Waals surface area contributed by atoms with Crippen LogP contribution in [0.1, 0.15) is 46.6 Å². The first-order chi connectivity index (χ1) is 15.4. The number of esters is 1. The van der Waals surface area contributed by atoms with Gasteiger partial charge >= 0.3 is 5.97 Å². The quantitative estimate of drug-likeness (QED) is 0.660. The number of nitrogens with zero attached hydrogens (tertiary/aromatic N) is 3. The monoisotopic (exact) mass is 456 g/mol. The molecule has 1 unspecified atom stereocenters. The molecule has 0 radical (unpaired) electrons. The number of thioether (sulfide) groups is 1. The van der Waals surface area contributed by atoms with Crippen LogP contribution in [0.4, 0.5) is 5.69 Å². The Morgan fingerprint density at radius 2 is 1.94 bits per heavy atom. The zero-order chi connectivity index (χ0) is 22.7. The maximum absolute atomic E-state index is 12.4. The van der Waals surface area contributed by atoms with Crippen LogP contribution in [0.5, 0.6) is 0 Å². The number of carbonyl (C=O) groups is 3. The summed E-state index contributed by atoms with van der Waals surface area (Å²) >= 11 is 1.36. The van der Waals surface area contributed by atoms with Crippen LogP contribution >= 0.6 is 11.8 Å². The zero-order valence-corrected chi connectivity index (χ0v) is 18.7. The highest BCUT2D eigenvalue weighted by atomic mass is 32.2. The maximum atomic E-state index is 12.4. The second-order valence-electron chi connectivity index (χ2n) is 7.74. The maximum Gasteiger partial charge on any atom is 0.338 e. The smallest absolute Gasteiger partial charge is 0.338 e. The van der Waals surface area contributed by atoms with Gasteiger partial charge in [0.25, 0.3) is 5.91 Å². The topological polar surface area (TPSA) is 114 Å². The van der Waals surface area contributed by atoms with Gasteiger partial charge in [0.2, 0.25) is 5.91 Å². The minimum Gasteiger partial charge on any atom is -0.457 e. The molecule has 168 valence electrons. The molecule has 1 aromatic heterocycles. The number of hydrogen-bond acceptors (Lipinski definition) is 8. The lowest BCUT2D eigenvalue weighted by Crippen LogP contribution is -2.25. The van der Waals surface area contributed by atoms with Gasteiger partial charge in [0.15, 0.2) is 5.17 Å². The molecule has 0 aliphatic carbocycles. The van der Waals surface area contributed by atoms with E-state index in [4.69, 9.17) is 9.26 Å². The summed E-state index contributed by atoms with van der Waals surface area (Å²) in [5.74, 6) is -0.404. The minimum atomic E-state index is -0.496. The van der Waals surface area contributed by atoms with E-state index < -0.39 is 11.2 Å². The summed E-state index contributed by atoms with van der Waals surface area (Å²) < 4.78 is 10.4. The molecule has 1 fully saturated rings. The van der Waals surface area contributed by atoms with Crippen LogP contribution < -0.4 is 5.32 Å². The number of likely N-dealkylation sites (tertiary alicyclic amines) is 1. The number of nitrogens with one attached hydrogen (secondary N) is 1. The van der Waals surface area contributed by atoms with E-state index in [1.165, 1.54) is 11.8 Å². The van der Waals surface area contributed by atoms with Gasteiger partial charge in [0.05, 0.1) is 16.8 Å². The van der Waals surface area contributed by atoms with Crippen LogP contribution in [0.3, 0.4) is 0 Å². The van der Waals surface area contributed by atoms with E-state index in [1.807, 2.05) is 0 Å². The molecule has 1 N–H and O–H groups in total. The molecule has 4 rings (SSSR count). The van der Waals surface area contributed by atoms with Crippen molar-refractivity contribution in [3.63, 3.8) is 0 Å². The Bertz CT molecular complexity index is 1040. The highest BCUT2D eigenvalue weighted by Gasteiger charge is 2.33. The summed E-state index contributed by atoms with van der Waals surface area (Å²) in [4.78, 5) is 43.1. The summed E-state index contributed by atoms with van der Waals surface area (Å²) in [6.45, 7) is 5.44. The normalized spacial score (nSPS) is 18.1. The largest absolute Gasteiger partial charge is 0.457 e. The molecule has 3 heterocycles. The standard InChI is InChI=1S/C22H24N4O5S/c1-13-17(14(2)31-25-13)12-30-21(29)15-5-7-16(8-6-15)23-19(27)11-18-20(28)24-22(32-18)26-9-3-4-10-26/h5-8,18H,3-4,9-12H2,1-2H3,(H,23,27). The van der Waals surface area contributed by atoms with E-state index in [0.717, 1.165) is 36.7 Å². The number of rotatable bonds is 6. The minimum absolute atomic E-state index is 0.0472. The summed E-state index contributed by atoms with van der Waals surface area (Å²) in [5, 5.41) is 6.83. The summed E-state index contributed by atoms with van der Waals surface area (Å²) in [7, 11) is 0. The van der Waals surface area contributed by atoms with Gasteiger partial charge in [0, 0.05) is 25.2 Å². The van der Waals surface area contributed by atoms with Crippen molar-refractivity contribution in [3.05, 3.63) is 46.8 Å². The molecule has 2 amide bonds. The van der Waals surface area contributed by atoms with Gasteiger partial charge in [-0.1, -0.05) is 16.9 Å². The molecule has 0 spiro atoms. The van der Waals surface area contributed by atoms with Crippen LogP contribution in [-0.2, 0) is 20.9 Å². The number of amidine groups is 1. The van der Waals surface area contributed by atoms with E-state index in [2.05, 4.69) is 20.4 Å². The number of aromatic nitrogens is 1. The van der Waals surface area contributed by atoms with Crippen molar-refractivity contribution in [1.29, 1.82) is 0 Å². The van der Waals surface area contributed by atoms with E-state index in [9.17, 15) is 14.4 Å². The Morgan fingerprint density at radius 1 is 1.22 bits per heavy atom. The third-order valence-electron chi connectivity index (χ3n) is 5.41. The van der Waals surface area contributed by atoms with Gasteiger partial charge in [-0.2, -0.15) is 4.99 Å². The third kappa shape index (κ3) is 5.01. The highest BCUT2D eigenvalue weighted by molar-refractivity contribution is 8.15. The lowest BCUT2D eigenvalue weighted by Gasteiger charge is -2.16. The number of aryl methyl sites for hydroxylation is 2. The average Bonchev–Trinajstić information content (AvgIpc) is 3.49. The highest BCUT2D eigenvalue weighted by Crippen LogP contribution is 2.29. The molecule has 32 heavy (non-hydrogen) atoms. The van der Waals surface area contributed by atoms with Crippen LogP contribution in [0.15, 0.2) is 33.8 Å². The molecule has 1 aromatic carbocycles. The number of hydrogen-bond donors (Lipinski definition) is 1. The van der Waals surface area contributed by atoms with Crippen molar-refractivity contribution in [2.75, 3.05) is 18.4 Å². The summed E-state index contributed by atoms with van der Waals surface area (Å²) in [6.07, 6.45) is 2.25. The second kappa shape index (κ2) is 9.56. The van der Waals surface area contributed by atoms with E-state index in [-0.39, 0.29) is 24.8 Å². The molecule has 2 aliphatic rings. The van der Waals surface area contributed by atoms with Crippen LogP contribution in [0.2, 0.25) is 0 Å². The van der Waals surface area contributed by atoms with Crippen LogP contribution in [-0.4, -0.2) is 51.3 Å². The van der Waals surface area contributed by atoms with Gasteiger partial charge in [-0.25, -0.2) is 4.79 Å². The molecule has 10 heteroatoms. The molecular formula is C22H24N4O5S. The predicted molar refractivity (Wildman–Crippen MR) is 119 cm³/mol. The summed E-state index contributed by atoms with van der Waals surface area (Å²) in [6, 6.07) is 6.41. The lowest BCUT2D eigenvalue weighted by atomic mass is 10.2. The number of ether oxygens (including phenoxy) is 1. The first kappa shape index (κ1) is 22.1. The molecule has 9 nitrogen and oxygen atoms in total. The van der Waals surface area contributed by atoms with Crippen molar-refractivity contribution in [3.8, 4) is 0 Å². The predicted octanol–water partition coefficient (Wildman–Crippen LogP) is 3.07. The van der Waals surface area contributed by atoms with Gasteiger partial charge in [-0.3, -0.25) is 9.59 Å². The van der Waals surface area contributed by atoms with Gasteiger partial charge < -0.3 is 19.5 Å². The molecule has 0 saturated carbocycles. The second-order valence-corrected chi connectivity index (χ2v) is 8.91. The fourth-order valence-corrected chi connectivity index (χ4v) is 4.67. The van der Waals surface area contributed by atoms with Gasteiger partial charge in [0.1, 0.15) is 17.6 Å². The Kier molecular flexibility index (Phi) is 6.59. The Balaban J connectivity index is 1.26. The van der Waals surface area contributed by atoms with E-state index in [0.29, 0.717) is 22.7 Å². The molecular weight excluding hydrogens is 432 g/mol. The number of carbonyl (C=O) groups excluding carboxylic acids is 3. The molecule has 2 aromatic rings. The number of anilines is 1. The Hall–Kier alpha value is -3.14. The molecule has 0 bridgehead atoms. The van der Waals surface area contributed by atoms with E-state index in [1.54, 1.807) is 38.1 Å². The molecule has 1 atom stereocenters. The van der Waals surface area contributed by atoms with Crippen molar-refractivity contribution in [2.24, 2.45) is 4.99 Å². The first-order valence-corrected chi connectivity index (χ1v) is 11.3. The van der Waals surface area contributed by atoms with Gasteiger partial charge in [-0.05, 0) is 51.0 Å². The Labute approximate surface area is 189 Å². The number of aliphatic imine (C=N–C) groups is 1. The van der Waals surface area contributed by atoms with E-state index >= 15 is 0 Å². The van der Waals surface area contributed by atoms with Crippen LogP contribution in [0, 0.1) is 13.8 Å². The molecule has 1 saturated heterocycles. The number of benzene rings is 1. The first-order valence-electron chi connectivity index (χ1n) is 10.4. The fraction of sp³-hybridized carbons (Fsp3) is 0.409. The third-order valence-corrected chi connectivity index (χ3v) is 6.62. The van der Waals surface area contributed by atoms with Crippen molar-refractivity contribution in [1.82, 2.24) is 10.1 Å². The van der Waals surface area contributed by atoms with Crippen molar-refractivity contribution in [2.45, 2.75) is 45.0 Å². The van der Waals surface area contributed by atoms with Crippen LogP contribution in [0.25, 0.3) is 0 Å². The SMILES string of the molecule is Cc1noc(C)c1COC(=O)c1ccc(NC(=O)CC2SC(N3CCCC3)=NC2=O)cc1. The average molecular weight is 457 g/mol. The fourth-order valence-electron chi connectivity index (χ4n) is 3.55.